The summed E-state index contributed by atoms with van der Waals surface area (Å²) in [7, 11) is 0. The van der Waals surface area contributed by atoms with Crippen molar-refractivity contribution in [2.24, 2.45) is 5.73 Å². The first-order valence-electron chi connectivity index (χ1n) is 4.83. The molecule has 2 nitrogen and oxygen atoms in total. The highest BCUT2D eigenvalue weighted by molar-refractivity contribution is 9.10. The minimum atomic E-state index is 0.590. The summed E-state index contributed by atoms with van der Waals surface area (Å²) in [6.45, 7) is 2.03. The zero-order valence-corrected chi connectivity index (χ0v) is 10.2. The van der Waals surface area contributed by atoms with Crippen molar-refractivity contribution in [2.45, 2.75) is 19.8 Å². The van der Waals surface area contributed by atoms with E-state index in [1.165, 1.54) is 0 Å². The number of rotatable bonds is 3. The van der Waals surface area contributed by atoms with Crippen LogP contribution in [0.5, 0.6) is 0 Å². The first kappa shape index (κ1) is 11.8. The highest BCUT2D eigenvalue weighted by Gasteiger charge is 2.04. The van der Waals surface area contributed by atoms with E-state index >= 15 is 0 Å². The Morgan fingerprint density at radius 1 is 1.40 bits per heavy atom. The van der Waals surface area contributed by atoms with Crippen molar-refractivity contribution < 1.29 is 0 Å². The topological polar surface area (TPSA) is 49.8 Å². The van der Waals surface area contributed by atoms with Gasteiger partial charge in [0.2, 0.25) is 0 Å². The first-order valence-corrected chi connectivity index (χ1v) is 5.63. The Kier molecular flexibility index (Phi) is 4.38. The molecule has 0 radical (unpaired) electrons. The van der Waals surface area contributed by atoms with Crippen molar-refractivity contribution in [3.05, 3.63) is 39.9 Å². The van der Waals surface area contributed by atoms with E-state index in [-0.39, 0.29) is 0 Å². The lowest BCUT2D eigenvalue weighted by molar-refractivity contribution is 0.929. The van der Waals surface area contributed by atoms with Crippen molar-refractivity contribution in [3.8, 4) is 6.07 Å². The fraction of sp³-hybridized carbons (Fsp3) is 0.250. The maximum absolute atomic E-state index is 8.95. The summed E-state index contributed by atoms with van der Waals surface area (Å²) in [5.74, 6) is 0. The summed E-state index contributed by atoms with van der Waals surface area (Å²) in [6.07, 6.45) is 1.67. The highest BCUT2D eigenvalue weighted by Crippen LogP contribution is 2.19. The van der Waals surface area contributed by atoms with Gasteiger partial charge >= 0.3 is 0 Å². The van der Waals surface area contributed by atoms with Crippen LogP contribution in [0.2, 0.25) is 0 Å². The Bertz CT molecular complexity index is 399. The molecule has 78 valence electrons. The molecular formula is C12H13BrN2. The van der Waals surface area contributed by atoms with Crippen molar-refractivity contribution in [1.29, 1.82) is 5.26 Å². The SMILES string of the molecule is CCC/C(C#N)=C(/N)c1ccc(Br)cc1. The molecule has 0 saturated carbocycles. The predicted molar refractivity (Wildman–Crippen MR) is 65.8 cm³/mol. The van der Waals surface area contributed by atoms with Crippen LogP contribution >= 0.6 is 15.9 Å². The molecule has 1 rings (SSSR count). The van der Waals surface area contributed by atoms with Gasteiger partial charge in [-0.15, -0.1) is 0 Å². The Morgan fingerprint density at radius 3 is 2.47 bits per heavy atom. The zero-order chi connectivity index (χ0) is 11.3. The van der Waals surface area contributed by atoms with E-state index in [9.17, 15) is 0 Å². The van der Waals surface area contributed by atoms with Gasteiger partial charge in [0.05, 0.1) is 17.3 Å². The Balaban J connectivity index is 3.06. The van der Waals surface area contributed by atoms with Crippen LogP contribution < -0.4 is 5.73 Å². The van der Waals surface area contributed by atoms with Gasteiger partial charge in [0.1, 0.15) is 0 Å². The summed E-state index contributed by atoms with van der Waals surface area (Å²) in [5.41, 5.74) is 8.09. The molecule has 0 unspecified atom stereocenters. The quantitative estimate of drug-likeness (QED) is 0.851. The van der Waals surface area contributed by atoms with Gasteiger partial charge in [-0.05, 0) is 24.1 Å². The molecule has 2 N–H and O–H groups in total. The average molecular weight is 265 g/mol. The number of nitriles is 1. The summed E-state index contributed by atoms with van der Waals surface area (Å²) in [5, 5.41) is 8.95. The van der Waals surface area contributed by atoms with Crippen LogP contribution in [0.25, 0.3) is 5.70 Å². The zero-order valence-electron chi connectivity index (χ0n) is 8.63. The number of benzene rings is 1. The highest BCUT2D eigenvalue weighted by atomic mass is 79.9. The number of allylic oxidation sites excluding steroid dienone is 1. The third-order valence-corrected chi connectivity index (χ3v) is 2.64. The normalized spacial score (nSPS) is 11.8. The molecule has 0 aliphatic carbocycles. The monoisotopic (exact) mass is 264 g/mol. The van der Waals surface area contributed by atoms with Gasteiger partial charge in [-0.2, -0.15) is 5.26 Å². The van der Waals surface area contributed by atoms with E-state index in [2.05, 4.69) is 22.0 Å². The van der Waals surface area contributed by atoms with Crippen LogP contribution in [0.3, 0.4) is 0 Å². The van der Waals surface area contributed by atoms with Crippen LogP contribution in [0.4, 0.5) is 0 Å². The second kappa shape index (κ2) is 5.57. The average Bonchev–Trinajstić information content (AvgIpc) is 2.26. The lowest BCUT2D eigenvalue weighted by atomic mass is 10.0. The summed E-state index contributed by atoms with van der Waals surface area (Å²) in [4.78, 5) is 0. The van der Waals surface area contributed by atoms with E-state index in [0.29, 0.717) is 11.3 Å². The van der Waals surface area contributed by atoms with Gasteiger partial charge in [-0.3, -0.25) is 0 Å². The lowest BCUT2D eigenvalue weighted by Crippen LogP contribution is -2.00. The molecule has 1 aromatic carbocycles. The molecule has 3 heteroatoms. The number of nitrogens with zero attached hydrogens (tertiary/aromatic N) is 1. The third kappa shape index (κ3) is 3.10. The van der Waals surface area contributed by atoms with Gasteiger partial charge in [0.25, 0.3) is 0 Å². The van der Waals surface area contributed by atoms with Crippen LogP contribution in [-0.2, 0) is 0 Å². The number of halogens is 1. The van der Waals surface area contributed by atoms with Crippen molar-refractivity contribution in [2.75, 3.05) is 0 Å². The van der Waals surface area contributed by atoms with Crippen molar-refractivity contribution in [1.82, 2.24) is 0 Å². The molecule has 0 saturated heterocycles. The van der Waals surface area contributed by atoms with E-state index < -0.39 is 0 Å². The van der Waals surface area contributed by atoms with Gasteiger partial charge in [0, 0.05) is 4.47 Å². The van der Waals surface area contributed by atoms with Crippen molar-refractivity contribution >= 4 is 21.6 Å². The molecule has 0 bridgehead atoms. The Labute approximate surface area is 98.5 Å². The Hall–Kier alpha value is -1.27. The molecule has 0 heterocycles. The molecule has 0 fully saturated rings. The van der Waals surface area contributed by atoms with E-state index in [4.69, 9.17) is 11.0 Å². The summed E-state index contributed by atoms with van der Waals surface area (Å²) >= 11 is 3.36. The summed E-state index contributed by atoms with van der Waals surface area (Å²) in [6, 6.07) is 9.82. The molecule has 1 aromatic rings. The molecule has 0 spiro atoms. The summed E-state index contributed by atoms with van der Waals surface area (Å²) < 4.78 is 1.01. The lowest BCUT2D eigenvalue weighted by Gasteiger charge is -2.05. The van der Waals surface area contributed by atoms with Crippen LogP contribution in [0.1, 0.15) is 25.3 Å². The standard InChI is InChI=1S/C12H13BrN2/c1-2-3-10(8-14)12(15)9-4-6-11(13)7-5-9/h4-7H,2-3,15H2,1H3/b12-10-. The minimum absolute atomic E-state index is 0.590. The predicted octanol–water partition coefficient (Wildman–Crippen LogP) is 3.44. The van der Waals surface area contributed by atoms with Crippen LogP contribution in [0.15, 0.2) is 34.3 Å². The third-order valence-electron chi connectivity index (χ3n) is 2.12. The minimum Gasteiger partial charge on any atom is -0.397 e. The molecule has 0 aliphatic rings. The molecule has 0 aromatic heterocycles. The Morgan fingerprint density at radius 2 is 2.00 bits per heavy atom. The van der Waals surface area contributed by atoms with Gasteiger partial charge < -0.3 is 5.73 Å². The van der Waals surface area contributed by atoms with Crippen LogP contribution in [0, 0.1) is 11.3 Å². The maximum Gasteiger partial charge on any atom is 0.0968 e. The van der Waals surface area contributed by atoms with Crippen LogP contribution in [-0.4, -0.2) is 0 Å². The van der Waals surface area contributed by atoms with E-state index in [1.807, 2.05) is 31.2 Å². The number of nitrogens with two attached hydrogens (primary N) is 1. The van der Waals surface area contributed by atoms with Crippen molar-refractivity contribution in [3.63, 3.8) is 0 Å². The number of hydrogen-bond donors (Lipinski definition) is 1. The fourth-order valence-electron chi connectivity index (χ4n) is 1.30. The molecule has 15 heavy (non-hydrogen) atoms. The maximum atomic E-state index is 8.95. The molecule has 0 atom stereocenters. The van der Waals surface area contributed by atoms with E-state index in [0.717, 1.165) is 22.9 Å². The molecule has 0 aliphatic heterocycles. The van der Waals surface area contributed by atoms with E-state index in [1.54, 1.807) is 0 Å². The van der Waals surface area contributed by atoms with Gasteiger partial charge in [0.15, 0.2) is 0 Å². The molecule has 0 amide bonds. The largest absolute Gasteiger partial charge is 0.397 e. The first-order chi connectivity index (χ1) is 7.19. The second-order valence-corrected chi connectivity index (χ2v) is 4.18. The van der Waals surface area contributed by atoms with Gasteiger partial charge in [-0.25, -0.2) is 0 Å². The fourth-order valence-corrected chi connectivity index (χ4v) is 1.57. The number of hydrogen-bond acceptors (Lipinski definition) is 2. The second-order valence-electron chi connectivity index (χ2n) is 3.26. The van der Waals surface area contributed by atoms with Gasteiger partial charge in [-0.1, -0.05) is 41.4 Å². The molecular weight excluding hydrogens is 252 g/mol. The smallest absolute Gasteiger partial charge is 0.0968 e.